The molecule has 0 aromatic carbocycles. The summed E-state index contributed by atoms with van der Waals surface area (Å²) in [5.41, 5.74) is 10.9. The summed E-state index contributed by atoms with van der Waals surface area (Å²) in [7, 11) is -0.361. The third kappa shape index (κ3) is 8.55. The highest BCUT2D eigenvalue weighted by atomic mass is 35.5. The molecule has 0 spiro atoms. The minimum absolute atomic E-state index is 0.0450. The van der Waals surface area contributed by atoms with Crippen LogP contribution in [0.3, 0.4) is 0 Å². The van der Waals surface area contributed by atoms with Gasteiger partial charge in [-0.3, -0.25) is 15.5 Å². The van der Waals surface area contributed by atoms with E-state index in [1.165, 1.54) is 18.4 Å². The number of piperidine rings is 1. The second-order valence-corrected chi connectivity index (χ2v) is 10.3. The number of hydrogen-bond acceptors (Lipinski definition) is 10. The summed E-state index contributed by atoms with van der Waals surface area (Å²) in [5, 5.41) is 12.9. The normalized spacial score (nSPS) is 15.5. The molecule has 1 aromatic heterocycles. The molecular weight excluding hydrogens is 474 g/mol. The molecule has 0 aliphatic carbocycles. The van der Waals surface area contributed by atoms with Gasteiger partial charge < -0.3 is 26.4 Å². The van der Waals surface area contributed by atoms with E-state index < -0.39 is 15.9 Å². The van der Waals surface area contributed by atoms with Gasteiger partial charge in [0.15, 0.2) is 34.4 Å². The third-order valence-corrected chi connectivity index (χ3v) is 6.93. The Morgan fingerprint density at radius 3 is 2.55 bits per heavy atom. The lowest BCUT2D eigenvalue weighted by molar-refractivity contribution is 0.0288. The van der Waals surface area contributed by atoms with Crippen molar-refractivity contribution >= 4 is 45.1 Å². The van der Waals surface area contributed by atoms with Crippen LogP contribution in [0, 0.1) is 5.41 Å². The number of rotatable bonds is 10. The molecule has 0 atom stereocenters. The van der Waals surface area contributed by atoms with Gasteiger partial charge in [0.2, 0.25) is 10.0 Å². The number of halogens is 1. The molecule has 1 aliphatic rings. The SMILES string of the molecule is CN(C)S(=O)(=O)COC1CCN(CCCCNC(=N)NC(=O)c2nc(Cl)c(N)nc2N)CC1. The van der Waals surface area contributed by atoms with Gasteiger partial charge in [-0.2, -0.15) is 0 Å². The second kappa shape index (κ2) is 12.3. The number of carbonyl (C=O) groups is 1. The number of hydrogen-bond donors (Lipinski definition) is 5. The van der Waals surface area contributed by atoms with Crippen molar-refractivity contribution in [2.75, 3.05) is 57.7 Å². The summed E-state index contributed by atoms with van der Waals surface area (Å²) in [6.07, 6.45) is 3.24. The number of sulfonamides is 1. The number of nitrogen functional groups attached to an aromatic ring is 2. The first-order valence-corrected chi connectivity index (χ1v) is 12.4. The number of carbonyl (C=O) groups excluding carboxylic acids is 1. The predicted octanol–water partition coefficient (Wildman–Crippen LogP) is -0.341. The van der Waals surface area contributed by atoms with Crippen LogP contribution < -0.4 is 22.1 Å². The van der Waals surface area contributed by atoms with Gasteiger partial charge in [-0.25, -0.2) is 22.7 Å². The Labute approximate surface area is 198 Å². The predicted molar refractivity (Wildman–Crippen MR) is 126 cm³/mol. The smallest absolute Gasteiger partial charge is 0.280 e. The monoisotopic (exact) mass is 505 g/mol. The molecule has 2 heterocycles. The van der Waals surface area contributed by atoms with Crippen LogP contribution in [0.1, 0.15) is 36.2 Å². The summed E-state index contributed by atoms with van der Waals surface area (Å²) >= 11 is 5.76. The highest BCUT2D eigenvalue weighted by molar-refractivity contribution is 7.88. The lowest BCUT2D eigenvalue weighted by Gasteiger charge is -2.32. The summed E-state index contributed by atoms with van der Waals surface area (Å²) in [6, 6.07) is 0. The van der Waals surface area contributed by atoms with Gasteiger partial charge in [0.05, 0.1) is 6.10 Å². The molecule has 0 unspecified atom stereocenters. The number of nitrogens with zero attached hydrogens (tertiary/aromatic N) is 4. The number of ether oxygens (including phenoxy) is 1. The van der Waals surface area contributed by atoms with E-state index >= 15 is 0 Å². The Bertz CT molecular complexity index is 937. The molecule has 13 nitrogen and oxygen atoms in total. The third-order valence-electron chi connectivity index (χ3n) is 5.10. The quantitative estimate of drug-likeness (QED) is 0.159. The summed E-state index contributed by atoms with van der Waals surface area (Å²) < 4.78 is 30.3. The fourth-order valence-corrected chi connectivity index (χ4v) is 3.79. The van der Waals surface area contributed by atoms with E-state index in [9.17, 15) is 13.2 Å². The van der Waals surface area contributed by atoms with Crippen molar-refractivity contribution in [3.63, 3.8) is 0 Å². The van der Waals surface area contributed by atoms with Crippen molar-refractivity contribution in [2.45, 2.75) is 31.8 Å². The number of guanidine groups is 1. The fraction of sp³-hybridized carbons (Fsp3) is 0.667. The van der Waals surface area contributed by atoms with Gasteiger partial charge >= 0.3 is 0 Å². The van der Waals surface area contributed by atoms with Crippen LogP contribution >= 0.6 is 11.6 Å². The highest BCUT2D eigenvalue weighted by Gasteiger charge is 2.22. The first-order valence-electron chi connectivity index (χ1n) is 10.5. The van der Waals surface area contributed by atoms with Crippen LogP contribution in [0.4, 0.5) is 11.6 Å². The van der Waals surface area contributed by atoms with Gasteiger partial charge in [-0.05, 0) is 32.2 Å². The van der Waals surface area contributed by atoms with E-state index in [0.29, 0.717) is 6.54 Å². The Morgan fingerprint density at radius 1 is 1.24 bits per heavy atom. The van der Waals surface area contributed by atoms with Crippen LogP contribution in [-0.4, -0.2) is 91.8 Å². The molecule has 0 radical (unpaired) electrons. The van der Waals surface area contributed by atoms with Crippen LogP contribution in [-0.2, 0) is 14.8 Å². The Hall–Kier alpha value is -2.26. The molecule has 0 saturated carbocycles. The van der Waals surface area contributed by atoms with Crippen molar-refractivity contribution in [1.82, 2.24) is 29.8 Å². The molecule has 1 aromatic rings. The van der Waals surface area contributed by atoms with Crippen LogP contribution in [0.2, 0.25) is 5.15 Å². The maximum Gasteiger partial charge on any atom is 0.280 e. The second-order valence-electron chi connectivity index (χ2n) is 7.82. The van der Waals surface area contributed by atoms with E-state index in [4.69, 9.17) is 33.2 Å². The first-order chi connectivity index (χ1) is 15.5. The maximum atomic E-state index is 12.2. The zero-order chi connectivity index (χ0) is 24.6. The summed E-state index contributed by atoms with van der Waals surface area (Å²) in [4.78, 5) is 22.0. The average Bonchev–Trinajstić information content (AvgIpc) is 2.75. The van der Waals surface area contributed by atoms with Gasteiger partial charge in [-0.1, -0.05) is 11.6 Å². The molecule has 1 saturated heterocycles. The molecular formula is C18H32ClN9O4S. The number of amides is 1. The van der Waals surface area contributed by atoms with Gasteiger partial charge in [0.1, 0.15) is 0 Å². The van der Waals surface area contributed by atoms with Crippen LogP contribution in [0.5, 0.6) is 0 Å². The highest BCUT2D eigenvalue weighted by Crippen LogP contribution is 2.17. The van der Waals surface area contributed by atoms with Gasteiger partial charge in [-0.15, -0.1) is 0 Å². The lowest BCUT2D eigenvalue weighted by atomic mass is 10.1. The lowest BCUT2D eigenvalue weighted by Crippen LogP contribution is -2.41. The molecule has 2 rings (SSSR count). The van der Waals surface area contributed by atoms with Crippen molar-refractivity contribution in [2.24, 2.45) is 0 Å². The fourth-order valence-electron chi connectivity index (χ4n) is 3.09. The number of nitrogens with two attached hydrogens (primary N) is 2. The molecule has 33 heavy (non-hydrogen) atoms. The van der Waals surface area contributed by atoms with Crippen molar-refractivity contribution in [3.05, 3.63) is 10.8 Å². The largest absolute Gasteiger partial charge is 0.382 e. The molecule has 186 valence electrons. The van der Waals surface area contributed by atoms with E-state index in [2.05, 4.69) is 25.5 Å². The standard InChI is InChI=1S/C18H32ClN9O4S/c1-27(2)33(30,31)11-32-12-5-9-28(10-6-12)8-4-3-7-23-18(22)26-17(29)13-15(20)25-16(21)14(19)24-13/h12H,3-11H2,1-2H3,(H4,20,21,25)(H3,22,23,26,29). The molecule has 7 N–H and O–H groups in total. The number of aromatic nitrogens is 2. The minimum atomic E-state index is -3.34. The average molecular weight is 506 g/mol. The Balaban J connectivity index is 1.59. The van der Waals surface area contributed by atoms with E-state index in [1.54, 1.807) is 0 Å². The van der Waals surface area contributed by atoms with Crippen LogP contribution in [0.25, 0.3) is 0 Å². The number of likely N-dealkylation sites (tertiary alicyclic amines) is 1. The number of nitrogens with one attached hydrogen (secondary N) is 3. The molecule has 1 fully saturated rings. The topological polar surface area (TPSA) is 193 Å². The van der Waals surface area contributed by atoms with Crippen molar-refractivity contribution in [1.29, 1.82) is 5.41 Å². The van der Waals surface area contributed by atoms with Gasteiger partial charge in [0.25, 0.3) is 5.91 Å². The maximum absolute atomic E-state index is 12.2. The van der Waals surface area contributed by atoms with Crippen molar-refractivity contribution < 1.29 is 17.9 Å². The first kappa shape index (κ1) is 27.0. The number of unbranched alkanes of at least 4 members (excludes halogenated alkanes) is 1. The van der Waals surface area contributed by atoms with Gasteiger partial charge in [0, 0.05) is 33.7 Å². The van der Waals surface area contributed by atoms with Crippen molar-refractivity contribution in [3.8, 4) is 0 Å². The zero-order valence-corrected chi connectivity index (χ0v) is 20.4. The number of anilines is 2. The van der Waals surface area contributed by atoms with E-state index in [0.717, 1.165) is 45.3 Å². The molecule has 1 aliphatic heterocycles. The summed E-state index contributed by atoms with van der Waals surface area (Å²) in [6.45, 7) is 3.09. The molecule has 0 bridgehead atoms. The summed E-state index contributed by atoms with van der Waals surface area (Å²) in [5.74, 6) is -1.42. The van der Waals surface area contributed by atoms with E-state index in [-0.39, 0.29) is 40.5 Å². The Morgan fingerprint density at radius 2 is 1.91 bits per heavy atom. The minimum Gasteiger partial charge on any atom is -0.382 e. The molecule has 1 amide bonds. The van der Waals surface area contributed by atoms with Crippen LogP contribution in [0.15, 0.2) is 0 Å². The zero-order valence-electron chi connectivity index (χ0n) is 18.8. The van der Waals surface area contributed by atoms with E-state index in [1.807, 2.05) is 0 Å². The molecule has 15 heteroatoms. The Kier molecular flexibility index (Phi) is 10.0.